The number of amides is 5. The second-order valence-electron chi connectivity index (χ2n) is 22.3. The van der Waals surface area contributed by atoms with Gasteiger partial charge in [0.25, 0.3) is 0 Å². The number of ether oxygens (including phenoxy) is 4. The van der Waals surface area contributed by atoms with E-state index in [1.54, 1.807) is 70.4 Å². The highest BCUT2D eigenvalue weighted by Crippen LogP contribution is 2.38. The molecule has 6 atom stereocenters. The Morgan fingerprint density at radius 3 is 1.24 bits per heavy atom. The van der Waals surface area contributed by atoms with Gasteiger partial charge in [-0.3, -0.25) is 9.59 Å². The van der Waals surface area contributed by atoms with E-state index in [2.05, 4.69) is 0 Å². The van der Waals surface area contributed by atoms with Gasteiger partial charge < -0.3 is 48.6 Å². The molecule has 3 aliphatic rings. The number of carboxylic acids is 1. The summed E-state index contributed by atoms with van der Waals surface area (Å²) in [4.78, 5) is 84.7. The number of hydrogen-bond acceptors (Lipinski definition) is 10. The second kappa shape index (κ2) is 30.1. The molecule has 24 heteroatoms. The average Bonchev–Trinajstić information content (AvgIpc) is 3.90. The van der Waals surface area contributed by atoms with Crippen molar-refractivity contribution in [3.8, 4) is 0 Å². The summed E-state index contributed by atoms with van der Waals surface area (Å²) in [5, 5.41) is 9.52. The summed E-state index contributed by atoms with van der Waals surface area (Å²) in [6.45, 7) is 18.4. The van der Waals surface area contributed by atoms with Crippen LogP contribution in [0, 0.1) is 13.8 Å². The Labute approximate surface area is 476 Å². The minimum absolute atomic E-state index is 0.0651. The van der Waals surface area contributed by atoms with Crippen molar-refractivity contribution in [3.63, 3.8) is 0 Å². The predicted molar refractivity (Wildman–Crippen MR) is 290 cm³/mol. The Morgan fingerprint density at radius 1 is 0.588 bits per heavy atom. The number of rotatable bonds is 13. The fourth-order valence-electron chi connectivity index (χ4n) is 10.4. The number of nitrogens with zero attached hydrogens (tertiary/aromatic N) is 5. The van der Waals surface area contributed by atoms with Gasteiger partial charge in [0.1, 0.15) is 11.2 Å². The number of carbonyl (C=O) groups excluding carboxylic acids is 5. The van der Waals surface area contributed by atoms with Gasteiger partial charge in [0.15, 0.2) is 0 Å². The summed E-state index contributed by atoms with van der Waals surface area (Å²) < 4.78 is 102. The highest BCUT2D eigenvalue weighted by Gasteiger charge is 2.46. The van der Waals surface area contributed by atoms with Gasteiger partial charge in [-0.05, 0) is 142 Å². The number of carboxylic acid groups (broad SMARTS) is 1. The Kier molecular flexibility index (Phi) is 25.9. The number of carbonyl (C=O) groups is 6. The van der Waals surface area contributed by atoms with Crippen molar-refractivity contribution in [2.24, 2.45) is 0 Å². The van der Waals surface area contributed by atoms with Gasteiger partial charge in [0.2, 0.25) is 5.91 Å². The topological polar surface area (TPSA) is 176 Å². The normalized spacial score (nSPS) is 20.5. The zero-order chi connectivity index (χ0) is 60.7. The summed E-state index contributed by atoms with van der Waals surface area (Å²) in [5.74, 6) is -0.0739. The zero-order valence-corrected chi connectivity index (χ0v) is 49.5. The third-order valence-electron chi connectivity index (χ3n) is 13.6. The van der Waals surface area contributed by atoms with E-state index in [1.807, 2.05) is 13.8 Å². The lowest BCUT2D eigenvalue weighted by atomic mass is 9.87. The second-order valence-corrected chi connectivity index (χ2v) is 23.1. The van der Waals surface area contributed by atoms with Gasteiger partial charge in [0, 0.05) is 80.6 Å². The Balaban J connectivity index is 0.000000396. The van der Waals surface area contributed by atoms with E-state index in [9.17, 15) is 60.2 Å². The first-order chi connectivity index (χ1) is 37.1. The summed E-state index contributed by atoms with van der Waals surface area (Å²) in [7, 11) is 2.41. The standard InChI is InChI=1S/C29H42F3N3O5.C25H35F3N2O6.C2H4Cl2/c1-7-22-15-23(34(26(37)39-6)18-20-12-19(2)13-21(14-20)29(30,31)32)16-24(17-25(36)33-10-8-9-11-33)35(22)27(38)40-28(3,4)5;1-7-18-11-19(12-20(13-21(31)32)30(18)23(34)36-24(3,4)5)29(22(33)35-6)14-16-8-15(2)9-17(10-16)25(26,27)28;3-1-2-4/h12-14,22-24H,7-11,15-18H2,1-6H3;8-10,18-20H,7,11-14H2,1-6H3,(H,31,32);1-2H2/t22-,23+,24-;18-,19+,20-;/m11./s1. The van der Waals surface area contributed by atoms with Crippen molar-refractivity contribution in [1.82, 2.24) is 24.5 Å². The molecule has 3 heterocycles. The molecule has 5 rings (SSSR count). The highest BCUT2D eigenvalue weighted by molar-refractivity contribution is 6.25. The summed E-state index contributed by atoms with van der Waals surface area (Å²) >= 11 is 10.1. The van der Waals surface area contributed by atoms with Crippen LogP contribution in [0.15, 0.2) is 36.4 Å². The molecule has 0 saturated carbocycles. The fourth-order valence-corrected chi connectivity index (χ4v) is 10.4. The molecular formula is C56H81Cl2F6N5O11. The largest absolute Gasteiger partial charge is 0.481 e. The van der Waals surface area contributed by atoms with E-state index >= 15 is 0 Å². The first kappa shape index (κ1) is 68.9. The maximum Gasteiger partial charge on any atom is 0.416 e. The number of aliphatic carboxylic acids is 1. The third kappa shape index (κ3) is 21.2. The van der Waals surface area contributed by atoms with Gasteiger partial charge in [-0.2, -0.15) is 26.3 Å². The van der Waals surface area contributed by atoms with E-state index in [4.69, 9.17) is 42.1 Å². The number of hydrogen-bond donors (Lipinski definition) is 1. The SMILES string of the molecule is CC[C@@H]1C[C@H](N(Cc2cc(C)cc(C(F)(F)F)c2)C(=O)OC)C[C@H](CC(=O)N2CCCC2)N1C(=O)OC(C)(C)C.CC[C@@H]1C[C@H](N(Cc2cc(C)cc(C(F)(F)F)c2)C(=O)OC)C[C@H](CC(=O)O)N1C(=O)OC(C)(C)C.ClCCCl. The van der Waals surface area contributed by atoms with E-state index in [0.29, 0.717) is 67.2 Å². The van der Waals surface area contributed by atoms with Gasteiger partial charge in [-0.1, -0.05) is 37.1 Å². The molecule has 0 radical (unpaired) electrons. The van der Waals surface area contributed by atoms with Crippen molar-refractivity contribution in [2.45, 2.75) is 206 Å². The number of alkyl halides is 8. The number of benzene rings is 2. The Morgan fingerprint density at radius 2 is 0.938 bits per heavy atom. The van der Waals surface area contributed by atoms with Gasteiger partial charge in [0.05, 0.1) is 31.8 Å². The summed E-state index contributed by atoms with van der Waals surface area (Å²) in [5.41, 5.74) is -1.73. The van der Waals surface area contributed by atoms with E-state index in [1.165, 1.54) is 35.8 Å². The van der Waals surface area contributed by atoms with Crippen LogP contribution in [-0.4, -0.2) is 152 Å². The smallest absolute Gasteiger partial charge is 0.416 e. The Bertz CT molecular complexity index is 2390. The average molecular weight is 1190 g/mol. The van der Waals surface area contributed by atoms with Gasteiger partial charge in [-0.15, -0.1) is 23.2 Å². The molecule has 80 heavy (non-hydrogen) atoms. The quantitative estimate of drug-likeness (QED) is 0.115. The lowest BCUT2D eigenvalue weighted by Crippen LogP contribution is -2.59. The van der Waals surface area contributed by atoms with Crippen LogP contribution in [0.25, 0.3) is 0 Å². The first-order valence-electron chi connectivity index (χ1n) is 26.8. The maximum absolute atomic E-state index is 13.5. The summed E-state index contributed by atoms with van der Waals surface area (Å²) in [6.07, 6.45) is -8.05. The van der Waals surface area contributed by atoms with Crippen LogP contribution in [0.4, 0.5) is 45.5 Å². The molecule has 0 aliphatic carbocycles. The highest BCUT2D eigenvalue weighted by atomic mass is 35.5. The van der Waals surface area contributed by atoms with E-state index in [0.717, 1.165) is 37.1 Å². The van der Waals surface area contributed by atoms with Crippen molar-refractivity contribution in [1.29, 1.82) is 0 Å². The fraction of sp³-hybridized carbons (Fsp3) is 0.679. The van der Waals surface area contributed by atoms with Gasteiger partial charge in [-0.25, -0.2) is 19.2 Å². The molecule has 1 N–H and O–H groups in total. The predicted octanol–water partition coefficient (Wildman–Crippen LogP) is 13.2. The molecular weight excluding hydrogens is 1100 g/mol. The van der Waals surface area contributed by atoms with Crippen LogP contribution < -0.4 is 0 Å². The lowest BCUT2D eigenvalue weighted by molar-refractivity contribution is -0.139. The minimum atomic E-state index is -4.55. The van der Waals surface area contributed by atoms with Crippen LogP contribution in [0.5, 0.6) is 0 Å². The molecule has 3 fully saturated rings. The van der Waals surface area contributed by atoms with Crippen molar-refractivity contribution >= 4 is 59.5 Å². The number of halogens is 8. The van der Waals surface area contributed by atoms with E-state index in [-0.39, 0.29) is 56.3 Å². The molecule has 0 unspecified atom stereocenters. The maximum atomic E-state index is 13.5. The molecule has 3 aliphatic heterocycles. The number of aryl methyl sites for hydroxylation is 2. The molecule has 2 aromatic rings. The summed E-state index contributed by atoms with van der Waals surface area (Å²) in [6, 6.07) is 4.15. The van der Waals surface area contributed by atoms with Crippen LogP contribution in [-0.2, 0) is 54.0 Å². The van der Waals surface area contributed by atoms with Crippen molar-refractivity contribution in [3.05, 3.63) is 69.8 Å². The Hall–Kier alpha value is -5.38. The monoisotopic (exact) mass is 1180 g/mol. The molecule has 0 bridgehead atoms. The minimum Gasteiger partial charge on any atom is -0.481 e. The van der Waals surface area contributed by atoms with Crippen molar-refractivity contribution in [2.75, 3.05) is 39.1 Å². The molecule has 0 aromatic heterocycles. The molecule has 0 spiro atoms. The third-order valence-corrected chi connectivity index (χ3v) is 14.2. The lowest BCUT2D eigenvalue weighted by Gasteiger charge is -2.47. The molecule has 16 nitrogen and oxygen atoms in total. The molecule has 3 saturated heterocycles. The number of likely N-dealkylation sites (tertiary alicyclic amines) is 3. The van der Waals surface area contributed by atoms with Crippen LogP contribution in [0.3, 0.4) is 0 Å². The zero-order valence-electron chi connectivity index (χ0n) is 48.0. The number of methoxy groups -OCH3 is 2. The first-order valence-corrected chi connectivity index (χ1v) is 27.9. The molecule has 2 aromatic carbocycles. The molecule has 5 amide bonds. The van der Waals surface area contributed by atoms with Crippen molar-refractivity contribution < 1.29 is 79.2 Å². The number of piperidine rings is 2. The molecule has 452 valence electrons. The van der Waals surface area contributed by atoms with E-state index < -0.39 is 95.2 Å². The van der Waals surface area contributed by atoms with Crippen LogP contribution >= 0.6 is 23.2 Å². The van der Waals surface area contributed by atoms with Gasteiger partial charge >= 0.3 is 42.7 Å². The van der Waals surface area contributed by atoms with Crippen LogP contribution in [0.1, 0.15) is 153 Å². The van der Waals surface area contributed by atoms with Crippen LogP contribution in [0.2, 0.25) is 0 Å².